The van der Waals surface area contributed by atoms with Gasteiger partial charge in [0.2, 0.25) is 0 Å². The van der Waals surface area contributed by atoms with Crippen LogP contribution in [0.1, 0.15) is 91.1 Å². The number of aliphatic hydroxyl groups is 1. The first-order valence-electron chi connectivity index (χ1n) is 20.9. The highest BCUT2D eigenvalue weighted by Crippen LogP contribution is 2.35. The molecule has 0 saturated carbocycles. The number of rotatable bonds is 20. The molecule has 0 radical (unpaired) electrons. The number of carbonyl (C=O) groups excluding carboxylic acids is 2. The lowest BCUT2D eigenvalue weighted by Gasteiger charge is -2.48. The fourth-order valence-corrected chi connectivity index (χ4v) is 7.35. The third kappa shape index (κ3) is 12.5. The van der Waals surface area contributed by atoms with E-state index in [0.717, 1.165) is 30.4 Å². The summed E-state index contributed by atoms with van der Waals surface area (Å²) in [6.07, 6.45) is -3.87. The van der Waals surface area contributed by atoms with Crippen molar-refractivity contribution in [1.29, 1.82) is 0 Å². The number of benzene rings is 4. The van der Waals surface area contributed by atoms with Gasteiger partial charge in [0.15, 0.2) is 24.8 Å². The number of hydrogen-bond donors (Lipinski definition) is 1. The second-order valence-corrected chi connectivity index (χ2v) is 15.1. The summed E-state index contributed by atoms with van der Waals surface area (Å²) in [6, 6.07) is 36.4. The van der Waals surface area contributed by atoms with Crippen molar-refractivity contribution in [3.63, 3.8) is 0 Å². The number of aliphatic hydroxyl groups excluding tert-OH is 1. The summed E-state index contributed by atoms with van der Waals surface area (Å²) in [5.74, 6) is -1.19. The molecule has 0 bridgehead atoms. The molecule has 4 aromatic carbocycles. The lowest BCUT2D eigenvalue weighted by molar-refractivity contribution is -0.363. The van der Waals surface area contributed by atoms with Gasteiger partial charge >= 0.3 is 11.9 Å². The minimum absolute atomic E-state index is 0.0913. The van der Waals surface area contributed by atoms with E-state index in [2.05, 4.69) is 6.92 Å². The Morgan fingerprint density at radius 2 is 0.983 bits per heavy atom. The fraction of sp³-hybridized carbons (Fsp3) is 0.458. The molecule has 2 heterocycles. The van der Waals surface area contributed by atoms with Gasteiger partial charge in [0, 0.05) is 6.61 Å². The summed E-state index contributed by atoms with van der Waals surface area (Å²) < 4.78 is 51.6. The summed E-state index contributed by atoms with van der Waals surface area (Å²) in [4.78, 5) is 27.0. The van der Waals surface area contributed by atoms with Crippen molar-refractivity contribution in [1.82, 2.24) is 0 Å². The molecule has 4 aromatic rings. The van der Waals surface area contributed by atoms with Crippen molar-refractivity contribution in [3.8, 4) is 0 Å². The second-order valence-electron chi connectivity index (χ2n) is 15.1. The van der Waals surface area contributed by atoms with Crippen molar-refractivity contribution in [2.24, 2.45) is 0 Å². The van der Waals surface area contributed by atoms with Crippen LogP contribution in [0.15, 0.2) is 121 Å². The quantitative estimate of drug-likeness (QED) is 0.0685. The van der Waals surface area contributed by atoms with Crippen LogP contribution in [0.2, 0.25) is 0 Å². The predicted octanol–water partition coefficient (Wildman–Crippen LogP) is 8.22. The third-order valence-corrected chi connectivity index (χ3v) is 10.6. The Morgan fingerprint density at radius 3 is 1.54 bits per heavy atom. The van der Waals surface area contributed by atoms with Crippen LogP contribution in [-0.2, 0) is 51.1 Å². The smallest absolute Gasteiger partial charge is 0.338 e. The van der Waals surface area contributed by atoms with E-state index < -0.39 is 73.4 Å². The largest absolute Gasteiger partial charge is 0.453 e. The number of unbranched alkanes of at least 4 members (excludes halogenated alkanes) is 5. The summed E-state index contributed by atoms with van der Waals surface area (Å²) in [5, 5.41) is 12.0. The summed E-state index contributed by atoms with van der Waals surface area (Å²) >= 11 is 0. The van der Waals surface area contributed by atoms with Gasteiger partial charge in [-0.25, -0.2) is 9.59 Å². The van der Waals surface area contributed by atoms with Crippen LogP contribution in [-0.4, -0.2) is 85.1 Å². The molecule has 10 atom stereocenters. The highest BCUT2D eigenvalue weighted by Gasteiger charge is 2.54. The summed E-state index contributed by atoms with van der Waals surface area (Å²) in [6.45, 7) is 6.38. The van der Waals surface area contributed by atoms with Crippen LogP contribution in [0.4, 0.5) is 0 Å². The normalized spacial score (nSPS) is 26.8. The van der Waals surface area contributed by atoms with Gasteiger partial charge in [-0.3, -0.25) is 0 Å². The number of carbonyl (C=O) groups is 2. The van der Waals surface area contributed by atoms with Gasteiger partial charge in [-0.1, -0.05) is 136 Å². The maximum absolute atomic E-state index is 13.7. The zero-order valence-corrected chi connectivity index (χ0v) is 34.2. The standard InChI is InChI=1S/C48H58O11/c1-4-5-6-7-8-21-30-52-47-44(54-32-36-24-15-10-16-25-36)43(41(34(3)55-47)58-46(51)38-28-19-12-20-29-38)59-48-42(53-31-35-22-13-9-14-23-35)39(49)40(33(2)56-48)57-45(50)37-26-17-11-18-27-37/h9-20,22-29,33-34,39-44,47-49H,4-8,21,30-32H2,1-3H3/t33-,34-,39+,40+,41+,42-,43+,44-,47+,48-/m0/s1. The molecule has 2 saturated heterocycles. The maximum atomic E-state index is 13.7. The second kappa shape index (κ2) is 22.8. The van der Waals surface area contributed by atoms with Crippen molar-refractivity contribution in [2.75, 3.05) is 6.61 Å². The molecule has 59 heavy (non-hydrogen) atoms. The first-order valence-corrected chi connectivity index (χ1v) is 20.9. The van der Waals surface area contributed by atoms with Crippen molar-refractivity contribution < 1.29 is 52.6 Å². The molecule has 0 aliphatic carbocycles. The van der Waals surface area contributed by atoms with Gasteiger partial charge in [0.25, 0.3) is 0 Å². The average Bonchev–Trinajstić information content (AvgIpc) is 3.26. The molecular weight excluding hydrogens is 753 g/mol. The Kier molecular flexibility index (Phi) is 17.0. The Bertz CT molecular complexity index is 1810. The molecule has 0 aromatic heterocycles. The molecule has 2 fully saturated rings. The van der Waals surface area contributed by atoms with E-state index in [9.17, 15) is 14.7 Å². The van der Waals surface area contributed by atoms with Crippen molar-refractivity contribution in [2.45, 2.75) is 134 Å². The fourth-order valence-electron chi connectivity index (χ4n) is 7.35. The van der Waals surface area contributed by atoms with Crippen LogP contribution in [0.5, 0.6) is 0 Å². The lowest BCUT2D eigenvalue weighted by atomic mass is 9.96. The molecule has 1 N–H and O–H groups in total. The van der Waals surface area contributed by atoms with Gasteiger partial charge in [-0.15, -0.1) is 0 Å². The highest BCUT2D eigenvalue weighted by molar-refractivity contribution is 5.90. The molecular formula is C48H58O11. The summed E-state index contributed by atoms with van der Waals surface area (Å²) in [7, 11) is 0. The predicted molar refractivity (Wildman–Crippen MR) is 220 cm³/mol. The molecule has 2 aliphatic rings. The minimum atomic E-state index is -1.38. The van der Waals surface area contributed by atoms with E-state index >= 15 is 0 Å². The molecule has 0 unspecified atom stereocenters. The Morgan fingerprint density at radius 1 is 0.525 bits per heavy atom. The Balaban J connectivity index is 1.31. The average molecular weight is 811 g/mol. The van der Waals surface area contributed by atoms with E-state index in [4.69, 9.17) is 37.9 Å². The van der Waals surface area contributed by atoms with Crippen LogP contribution >= 0.6 is 0 Å². The van der Waals surface area contributed by atoms with E-state index in [1.54, 1.807) is 68.4 Å². The molecule has 11 nitrogen and oxygen atoms in total. The first kappa shape index (κ1) is 44.1. The third-order valence-electron chi connectivity index (χ3n) is 10.6. The number of ether oxygens (including phenoxy) is 8. The Labute approximate surface area is 347 Å². The molecule has 11 heteroatoms. The van der Waals surface area contributed by atoms with Crippen molar-refractivity contribution >= 4 is 11.9 Å². The van der Waals surface area contributed by atoms with Gasteiger partial charge in [-0.05, 0) is 55.7 Å². The van der Waals surface area contributed by atoms with Gasteiger partial charge in [0.1, 0.15) is 24.4 Å². The van der Waals surface area contributed by atoms with Crippen LogP contribution in [0.25, 0.3) is 0 Å². The molecule has 6 rings (SSSR count). The first-order chi connectivity index (χ1) is 28.8. The maximum Gasteiger partial charge on any atom is 0.338 e. The summed E-state index contributed by atoms with van der Waals surface area (Å²) in [5.41, 5.74) is 2.43. The number of esters is 2. The van der Waals surface area contributed by atoms with Gasteiger partial charge in [0.05, 0.1) is 36.5 Å². The molecule has 0 amide bonds. The Hall–Kier alpha value is -4.46. The topological polar surface area (TPSA) is 128 Å². The van der Waals surface area contributed by atoms with E-state index in [1.807, 2.05) is 66.7 Å². The molecule has 0 spiro atoms. The van der Waals surface area contributed by atoms with Gasteiger partial charge < -0.3 is 43.0 Å². The monoisotopic (exact) mass is 810 g/mol. The van der Waals surface area contributed by atoms with Crippen LogP contribution < -0.4 is 0 Å². The van der Waals surface area contributed by atoms with Crippen molar-refractivity contribution in [3.05, 3.63) is 144 Å². The van der Waals surface area contributed by atoms with Crippen LogP contribution in [0, 0.1) is 0 Å². The minimum Gasteiger partial charge on any atom is -0.453 e. The zero-order valence-electron chi connectivity index (χ0n) is 34.2. The van der Waals surface area contributed by atoms with E-state index in [0.29, 0.717) is 17.7 Å². The highest BCUT2D eigenvalue weighted by atomic mass is 16.8. The van der Waals surface area contributed by atoms with E-state index in [1.165, 1.54) is 19.3 Å². The SMILES string of the molecule is CCCCCCCCO[C@@H]1O[C@@H](C)[C@@H](OC(=O)c2ccccc2)[C@@H](O[C@@H]2O[C@@H](C)[C@@H](OC(=O)c3ccccc3)[C@@H](O)[C@@H]2OCc2ccccc2)[C@@H]1OCc1ccccc1. The molecule has 2 aliphatic heterocycles. The van der Waals surface area contributed by atoms with Crippen LogP contribution in [0.3, 0.4) is 0 Å². The zero-order chi connectivity index (χ0) is 41.4. The van der Waals surface area contributed by atoms with E-state index in [-0.39, 0.29) is 13.2 Å². The lowest BCUT2D eigenvalue weighted by Crippen LogP contribution is -2.65. The van der Waals surface area contributed by atoms with Gasteiger partial charge in [-0.2, -0.15) is 0 Å². The number of hydrogen-bond acceptors (Lipinski definition) is 11. The molecule has 316 valence electrons.